The highest BCUT2D eigenvalue weighted by atomic mass is 16.5. The third-order valence-corrected chi connectivity index (χ3v) is 3.76. The molecule has 0 amide bonds. The quantitative estimate of drug-likeness (QED) is 0.701. The van der Waals surface area contributed by atoms with Crippen LogP contribution in [0.4, 0.5) is 0 Å². The monoisotopic (exact) mass is 220 g/mol. The van der Waals surface area contributed by atoms with Crippen molar-refractivity contribution in [3.8, 4) is 11.5 Å². The lowest BCUT2D eigenvalue weighted by molar-refractivity contribution is -0.0220. The SMILES string of the molecule is Oc1cccc2c1O[C@@H]1CCC[C@H](O)[C@H]1C2. The van der Waals surface area contributed by atoms with Gasteiger partial charge in [0.25, 0.3) is 0 Å². The second-order valence-electron chi connectivity index (χ2n) is 4.79. The third kappa shape index (κ3) is 1.47. The standard InChI is InChI=1S/C13H16O3/c14-10-4-2-6-12-9(10)7-8-3-1-5-11(15)13(8)16-12/h1,3,5,9-10,12,14-15H,2,4,6-7H2/t9-,10+,12-/m1/s1. The zero-order valence-electron chi connectivity index (χ0n) is 9.10. The fraction of sp³-hybridized carbons (Fsp3) is 0.538. The number of hydrogen-bond acceptors (Lipinski definition) is 3. The van der Waals surface area contributed by atoms with Gasteiger partial charge < -0.3 is 14.9 Å². The summed E-state index contributed by atoms with van der Waals surface area (Å²) in [5, 5.41) is 19.7. The van der Waals surface area contributed by atoms with Crippen molar-refractivity contribution < 1.29 is 14.9 Å². The number of aliphatic hydroxyl groups excluding tert-OH is 1. The first-order valence-corrected chi connectivity index (χ1v) is 5.91. The molecule has 1 aliphatic carbocycles. The van der Waals surface area contributed by atoms with E-state index in [9.17, 15) is 10.2 Å². The number of phenols is 1. The Morgan fingerprint density at radius 3 is 3.00 bits per heavy atom. The van der Waals surface area contributed by atoms with E-state index in [2.05, 4.69) is 0 Å². The van der Waals surface area contributed by atoms with E-state index in [1.807, 2.05) is 12.1 Å². The summed E-state index contributed by atoms with van der Waals surface area (Å²) >= 11 is 0. The van der Waals surface area contributed by atoms with Gasteiger partial charge in [-0.15, -0.1) is 0 Å². The molecule has 0 spiro atoms. The summed E-state index contributed by atoms with van der Waals surface area (Å²) in [6.45, 7) is 0. The van der Waals surface area contributed by atoms with Crippen molar-refractivity contribution >= 4 is 0 Å². The van der Waals surface area contributed by atoms with Gasteiger partial charge in [-0.3, -0.25) is 0 Å². The van der Waals surface area contributed by atoms with Crippen molar-refractivity contribution in [3.63, 3.8) is 0 Å². The summed E-state index contributed by atoms with van der Waals surface area (Å²) < 4.78 is 5.83. The molecule has 0 bridgehead atoms. The Labute approximate surface area is 94.7 Å². The Morgan fingerprint density at radius 1 is 1.25 bits per heavy atom. The summed E-state index contributed by atoms with van der Waals surface area (Å²) in [6, 6.07) is 5.44. The van der Waals surface area contributed by atoms with E-state index >= 15 is 0 Å². The number of rotatable bonds is 0. The van der Waals surface area contributed by atoms with E-state index in [4.69, 9.17) is 4.74 Å². The predicted octanol–water partition coefficient (Wildman–Crippen LogP) is 1.86. The van der Waals surface area contributed by atoms with Crippen molar-refractivity contribution in [1.29, 1.82) is 0 Å². The van der Waals surface area contributed by atoms with E-state index in [1.54, 1.807) is 6.07 Å². The lowest BCUT2D eigenvalue weighted by Gasteiger charge is -2.39. The number of ether oxygens (including phenoxy) is 1. The van der Waals surface area contributed by atoms with Gasteiger partial charge in [-0.1, -0.05) is 12.1 Å². The summed E-state index contributed by atoms with van der Waals surface area (Å²) in [6.07, 6.45) is 3.49. The second-order valence-corrected chi connectivity index (χ2v) is 4.79. The summed E-state index contributed by atoms with van der Waals surface area (Å²) in [7, 11) is 0. The van der Waals surface area contributed by atoms with E-state index < -0.39 is 0 Å². The molecule has 3 heteroatoms. The van der Waals surface area contributed by atoms with Gasteiger partial charge >= 0.3 is 0 Å². The number of aliphatic hydroxyl groups is 1. The lowest BCUT2D eigenvalue weighted by atomic mass is 9.78. The van der Waals surface area contributed by atoms with Gasteiger partial charge in [0.15, 0.2) is 11.5 Å². The molecule has 1 aliphatic heterocycles. The van der Waals surface area contributed by atoms with Crippen LogP contribution >= 0.6 is 0 Å². The highest BCUT2D eigenvalue weighted by Crippen LogP contribution is 2.42. The summed E-state index contributed by atoms with van der Waals surface area (Å²) in [5.41, 5.74) is 1.02. The van der Waals surface area contributed by atoms with Crippen molar-refractivity contribution in [3.05, 3.63) is 23.8 Å². The van der Waals surface area contributed by atoms with Crippen LogP contribution in [0, 0.1) is 5.92 Å². The maximum atomic E-state index is 9.96. The molecule has 0 aromatic heterocycles. The first-order chi connectivity index (χ1) is 7.75. The molecule has 2 N–H and O–H groups in total. The van der Waals surface area contributed by atoms with Crippen molar-refractivity contribution in [1.82, 2.24) is 0 Å². The zero-order valence-corrected chi connectivity index (χ0v) is 9.10. The fourth-order valence-electron chi connectivity index (χ4n) is 2.89. The molecule has 1 aromatic rings. The number of para-hydroxylation sites is 1. The van der Waals surface area contributed by atoms with E-state index in [0.717, 1.165) is 31.2 Å². The van der Waals surface area contributed by atoms with Crippen LogP contribution in [-0.2, 0) is 6.42 Å². The van der Waals surface area contributed by atoms with Crippen molar-refractivity contribution in [2.24, 2.45) is 5.92 Å². The van der Waals surface area contributed by atoms with E-state index in [1.165, 1.54) is 0 Å². The third-order valence-electron chi connectivity index (χ3n) is 3.76. The van der Waals surface area contributed by atoms with Gasteiger partial charge in [0.2, 0.25) is 0 Å². The number of phenolic OH excluding ortho intramolecular Hbond substituents is 1. The number of fused-ring (bicyclic) bond motifs is 2. The van der Waals surface area contributed by atoms with E-state index in [0.29, 0.717) is 5.75 Å². The molecule has 1 fully saturated rings. The largest absolute Gasteiger partial charge is 0.504 e. The molecule has 0 radical (unpaired) electrons. The van der Waals surface area contributed by atoms with Gasteiger partial charge in [0.1, 0.15) is 6.10 Å². The number of hydrogen-bond donors (Lipinski definition) is 2. The van der Waals surface area contributed by atoms with Gasteiger partial charge in [-0.05, 0) is 37.3 Å². The molecule has 86 valence electrons. The minimum Gasteiger partial charge on any atom is -0.504 e. The summed E-state index contributed by atoms with van der Waals surface area (Å²) in [5.74, 6) is 1.04. The van der Waals surface area contributed by atoms with Crippen LogP contribution in [0.2, 0.25) is 0 Å². The van der Waals surface area contributed by atoms with Crippen molar-refractivity contribution in [2.45, 2.75) is 37.9 Å². The lowest BCUT2D eigenvalue weighted by Crippen LogP contribution is -2.43. The Hall–Kier alpha value is -1.22. The highest BCUT2D eigenvalue weighted by Gasteiger charge is 2.38. The van der Waals surface area contributed by atoms with Crippen LogP contribution in [0.3, 0.4) is 0 Å². The highest BCUT2D eigenvalue weighted by molar-refractivity contribution is 5.47. The van der Waals surface area contributed by atoms with Crippen LogP contribution in [0.25, 0.3) is 0 Å². The van der Waals surface area contributed by atoms with Gasteiger partial charge in [-0.25, -0.2) is 0 Å². The molecule has 3 atom stereocenters. The first-order valence-electron chi connectivity index (χ1n) is 5.91. The molecular formula is C13H16O3. The fourth-order valence-corrected chi connectivity index (χ4v) is 2.89. The van der Waals surface area contributed by atoms with Gasteiger partial charge in [-0.2, -0.15) is 0 Å². The molecule has 1 heterocycles. The Bertz CT molecular complexity index is 402. The minimum absolute atomic E-state index is 0.0737. The summed E-state index contributed by atoms with van der Waals surface area (Å²) in [4.78, 5) is 0. The Balaban J connectivity index is 1.96. The molecule has 0 saturated heterocycles. The number of benzene rings is 1. The van der Waals surface area contributed by atoms with Crippen LogP contribution < -0.4 is 4.74 Å². The molecule has 1 aromatic carbocycles. The zero-order chi connectivity index (χ0) is 11.1. The number of aromatic hydroxyl groups is 1. The molecule has 3 nitrogen and oxygen atoms in total. The normalized spacial score (nSPS) is 32.4. The van der Waals surface area contributed by atoms with Crippen LogP contribution in [0.1, 0.15) is 24.8 Å². The first kappa shape index (κ1) is 9.97. The molecular weight excluding hydrogens is 204 g/mol. The molecule has 0 unspecified atom stereocenters. The van der Waals surface area contributed by atoms with Crippen LogP contribution in [0.15, 0.2) is 18.2 Å². The molecule has 1 saturated carbocycles. The average molecular weight is 220 g/mol. The minimum atomic E-state index is -0.255. The van der Waals surface area contributed by atoms with E-state index in [-0.39, 0.29) is 23.9 Å². The maximum Gasteiger partial charge on any atom is 0.164 e. The van der Waals surface area contributed by atoms with Gasteiger partial charge in [0.05, 0.1) is 6.10 Å². The Kier molecular flexibility index (Phi) is 2.28. The molecule has 16 heavy (non-hydrogen) atoms. The maximum absolute atomic E-state index is 9.96. The predicted molar refractivity (Wildman–Crippen MR) is 59.6 cm³/mol. The second kappa shape index (κ2) is 3.67. The average Bonchev–Trinajstić information content (AvgIpc) is 2.29. The van der Waals surface area contributed by atoms with Crippen molar-refractivity contribution in [2.75, 3.05) is 0 Å². The Morgan fingerprint density at radius 2 is 2.12 bits per heavy atom. The van der Waals surface area contributed by atoms with Crippen LogP contribution in [-0.4, -0.2) is 22.4 Å². The molecule has 3 rings (SSSR count). The van der Waals surface area contributed by atoms with Crippen LogP contribution in [0.5, 0.6) is 11.5 Å². The smallest absolute Gasteiger partial charge is 0.164 e. The molecule has 2 aliphatic rings. The van der Waals surface area contributed by atoms with Gasteiger partial charge in [0, 0.05) is 5.92 Å². The topological polar surface area (TPSA) is 49.7 Å².